The average Bonchev–Trinajstić information content (AvgIpc) is 3.14. The predicted octanol–water partition coefficient (Wildman–Crippen LogP) is 2.06. The number of hydrogen-bond donors (Lipinski definition) is 1. The zero-order chi connectivity index (χ0) is 15.1. The Morgan fingerprint density at radius 3 is 2.95 bits per heavy atom. The van der Waals surface area contributed by atoms with Gasteiger partial charge in [-0.3, -0.25) is 0 Å². The molecule has 1 aliphatic rings. The summed E-state index contributed by atoms with van der Waals surface area (Å²) in [6.07, 6.45) is 1.24. The highest BCUT2D eigenvalue weighted by Crippen LogP contribution is 2.29. The molecule has 4 rings (SSSR count). The number of nitrogens with zero attached hydrogens (tertiary/aromatic N) is 3. The maximum absolute atomic E-state index is 13.5. The number of benzene rings is 1. The molecular formula is C15H15FN4O2. The summed E-state index contributed by atoms with van der Waals surface area (Å²) in [6, 6.07) is 4.61. The van der Waals surface area contributed by atoms with Crippen molar-refractivity contribution in [2.45, 2.75) is 6.29 Å². The van der Waals surface area contributed by atoms with Crippen molar-refractivity contribution in [1.82, 2.24) is 15.0 Å². The Labute approximate surface area is 125 Å². The second-order valence-electron chi connectivity index (χ2n) is 5.29. The van der Waals surface area contributed by atoms with Gasteiger partial charge < -0.3 is 19.4 Å². The highest BCUT2D eigenvalue weighted by atomic mass is 19.1. The summed E-state index contributed by atoms with van der Waals surface area (Å²) in [6.45, 7) is 1.79. The highest BCUT2D eigenvalue weighted by Gasteiger charge is 2.21. The van der Waals surface area contributed by atoms with E-state index in [0.717, 1.165) is 22.2 Å². The number of likely N-dealkylation sites (N-methyl/N-ethyl adjacent to an activating group) is 1. The number of anilines is 1. The van der Waals surface area contributed by atoms with Crippen LogP contribution >= 0.6 is 0 Å². The molecule has 22 heavy (non-hydrogen) atoms. The molecule has 1 aliphatic heterocycles. The van der Waals surface area contributed by atoms with E-state index in [0.29, 0.717) is 25.3 Å². The average molecular weight is 302 g/mol. The number of halogens is 1. The van der Waals surface area contributed by atoms with Crippen LogP contribution in [0.3, 0.4) is 0 Å². The van der Waals surface area contributed by atoms with Gasteiger partial charge >= 0.3 is 0 Å². The highest BCUT2D eigenvalue weighted by molar-refractivity contribution is 6.08. The summed E-state index contributed by atoms with van der Waals surface area (Å²) in [5.74, 6) is 0.454. The zero-order valence-electron chi connectivity index (χ0n) is 12.0. The maximum atomic E-state index is 13.5. The van der Waals surface area contributed by atoms with E-state index >= 15 is 0 Å². The van der Waals surface area contributed by atoms with Crippen LogP contribution in [0, 0.1) is 5.82 Å². The van der Waals surface area contributed by atoms with E-state index < -0.39 is 0 Å². The van der Waals surface area contributed by atoms with Crippen molar-refractivity contribution in [1.29, 1.82) is 0 Å². The van der Waals surface area contributed by atoms with Crippen LogP contribution in [0.25, 0.3) is 21.9 Å². The van der Waals surface area contributed by atoms with Gasteiger partial charge in [-0.25, -0.2) is 14.4 Å². The van der Waals surface area contributed by atoms with Crippen molar-refractivity contribution in [3.63, 3.8) is 0 Å². The van der Waals surface area contributed by atoms with E-state index in [-0.39, 0.29) is 12.1 Å². The van der Waals surface area contributed by atoms with Gasteiger partial charge in [0.2, 0.25) is 0 Å². The SMILES string of the molecule is CN(CC1OCCO1)c1ncnc2c1[nH]c1ccc(F)cc12. The fourth-order valence-corrected chi connectivity index (χ4v) is 2.76. The lowest BCUT2D eigenvalue weighted by Crippen LogP contribution is -2.30. The Morgan fingerprint density at radius 1 is 1.32 bits per heavy atom. The number of ether oxygens (including phenoxy) is 2. The predicted molar refractivity (Wildman–Crippen MR) is 80.3 cm³/mol. The molecule has 1 N–H and O–H groups in total. The number of hydrogen-bond acceptors (Lipinski definition) is 5. The molecule has 1 saturated heterocycles. The van der Waals surface area contributed by atoms with Crippen molar-refractivity contribution >= 4 is 27.8 Å². The normalized spacial score (nSPS) is 15.9. The molecule has 0 bridgehead atoms. The van der Waals surface area contributed by atoms with Crippen molar-refractivity contribution < 1.29 is 13.9 Å². The Balaban J connectivity index is 1.78. The topological polar surface area (TPSA) is 63.3 Å². The van der Waals surface area contributed by atoms with Gasteiger partial charge in [-0.05, 0) is 18.2 Å². The fraction of sp³-hybridized carbons (Fsp3) is 0.333. The molecule has 3 aromatic rings. The molecule has 2 aromatic heterocycles. The summed E-state index contributed by atoms with van der Waals surface area (Å²) < 4.78 is 24.4. The second kappa shape index (κ2) is 5.19. The van der Waals surface area contributed by atoms with E-state index in [1.165, 1.54) is 18.5 Å². The molecule has 0 saturated carbocycles. The first-order valence-electron chi connectivity index (χ1n) is 7.08. The summed E-state index contributed by atoms with van der Waals surface area (Å²) in [7, 11) is 1.92. The van der Waals surface area contributed by atoms with Gasteiger partial charge in [-0.15, -0.1) is 0 Å². The smallest absolute Gasteiger partial charge is 0.175 e. The first kappa shape index (κ1) is 13.4. The second-order valence-corrected chi connectivity index (χ2v) is 5.29. The number of aromatic nitrogens is 3. The van der Waals surface area contributed by atoms with Crippen molar-refractivity contribution in [2.75, 3.05) is 31.7 Å². The first-order chi connectivity index (χ1) is 10.7. The number of H-pyrrole nitrogens is 1. The third-order valence-electron chi connectivity index (χ3n) is 3.80. The molecule has 0 aliphatic carbocycles. The molecule has 0 atom stereocenters. The van der Waals surface area contributed by atoms with E-state index in [1.807, 2.05) is 11.9 Å². The Hall–Kier alpha value is -2.25. The monoisotopic (exact) mass is 302 g/mol. The van der Waals surface area contributed by atoms with E-state index in [1.54, 1.807) is 6.07 Å². The molecule has 1 aromatic carbocycles. The largest absolute Gasteiger partial charge is 0.353 e. The van der Waals surface area contributed by atoms with Gasteiger partial charge in [0.05, 0.1) is 19.8 Å². The maximum Gasteiger partial charge on any atom is 0.175 e. The lowest BCUT2D eigenvalue weighted by molar-refractivity contribution is -0.0336. The zero-order valence-corrected chi connectivity index (χ0v) is 12.0. The fourth-order valence-electron chi connectivity index (χ4n) is 2.76. The van der Waals surface area contributed by atoms with Crippen LogP contribution in [0.2, 0.25) is 0 Å². The van der Waals surface area contributed by atoms with Crippen LogP contribution in [0.5, 0.6) is 0 Å². The number of fused-ring (bicyclic) bond motifs is 3. The minimum Gasteiger partial charge on any atom is -0.353 e. The standard InChI is InChI=1S/C15H15FN4O2/c1-20(7-12-21-4-5-22-12)15-14-13(17-8-18-15)10-6-9(16)2-3-11(10)19-14/h2-3,6,8,12,19H,4-5,7H2,1H3. The summed E-state index contributed by atoms with van der Waals surface area (Å²) >= 11 is 0. The Bertz CT molecular complexity index is 829. The van der Waals surface area contributed by atoms with Crippen molar-refractivity contribution in [3.05, 3.63) is 30.3 Å². The quantitative estimate of drug-likeness (QED) is 0.802. The van der Waals surface area contributed by atoms with Crippen LogP contribution in [-0.4, -0.2) is 48.0 Å². The Morgan fingerprint density at radius 2 is 2.14 bits per heavy atom. The van der Waals surface area contributed by atoms with Crippen molar-refractivity contribution in [3.8, 4) is 0 Å². The van der Waals surface area contributed by atoms with Gasteiger partial charge in [0.1, 0.15) is 23.2 Å². The molecule has 3 heterocycles. The van der Waals surface area contributed by atoms with Crippen LogP contribution in [0.1, 0.15) is 0 Å². The number of nitrogens with one attached hydrogen (secondary N) is 1. The lowest BCUT2D eigenvalue weighted by Gasteiger charge is -2.21. The first-order valence-corrected chi connectivity index (χ1v) is 7.08. The number of rotatable bonds is 3. The molecule has 0 unspecified atom stereocenters. The molecule has 114 valence electrons. The van der Waals surface area contributed by atoms with E-state index in [9.17, 15) is 4.39 Å². The molecule has 0 amide bonds. The van der Waals surface area contributed by atoms with Gasteiger partial charge in [-0.1, -0.05) is 0 Å². The lowest BCUT2D eigenvalue weighted by atomic mass is 10.2. The molecular weight excluding hydrogens is 287 g/mol. The third-order valence-corrected chi connectivity index (χ3v) is 3.80. The Kier molecular flexibility index (Phi) is 3.16. The van der Waals surface area contributed by atoms with Crippen LogP contribution in [-0.2, 0) is 9.47 Å². The van der Waals surface area contributed by atoms with Gasteiger partial charge in [0.15, 0.2) is 12.1 Å². The molecule has 0 radical (unpaired) electrons. The van der Waals surface area contributed by atoms with Gasteiger partial charge in [0, 0.05) is 18.0 Å². The summed E-state index contributed by atoms with van der Waals surface area (Å²) in [5, 5.41) is 0.750. The molecule has 7 heteroatoms. The third kappa shape index (κ3) is 2.18. The van der Waals surface area contributed by atoms with Crippen LogP contribution < -0.4 is 4.90 Å². The van der Waals surface area contributed by atoms with Gasteiger partial charge in [0.25, 0.3) is 0 Å². The van der Waals surface area contributed by atoms with E-state index in [4.69, 9.17) is 9.47 Å². The minimum absolute atomic E-state index is 0.253. The molecule has 0 spiro atoms. The van der Waals surface area contributed by atoms with E-state index in [2.05, 4.69) is 15.0 Å². The van der Waals surface area contributed by atoms with Crippen molar-refractivity contribution in [2.24, 2.45) is 0 Å². The molecule has 1 fully saturated rings. The number of aromatic amines is 1. The van der Waals surface area contributed by atoms with Gasteiger partial charge in [-0.2, -0.15) is 0 Å². The summed E-state index contributed by atoms with van der Waals surface area (Å²) in [5.41, 5.74) is 2.32. The molecule has 6 nitrogen and oxygen atoms in total. The van der Waals surface area contributed by atoms with Crippen LogP contribution in [0.4, 0.5) is 10.2 Å². The summed E-state index contributed by atoms with van der Waals surface area (Å²) in [4.78, 5) is 13.8. The van der Waals surface area contributed by atoms with Crippen LogP contribution in [0.15, 0.2) is 24.5 Å². The minimum atomic E-state index is -0.283.